The van der Waals surface area contributed by atoms with Crippen LogP contribution < -0.4 is 10.2 Å². The van der Waals surface area contributed by atoms with Gasteiger partial charge < -0.3 is 10.2 Å². The van der Waals surface area contributed by atoms with Gasteiger partial charge in [0.1, 0.15) is 6.04 Å². The van der Waals surface area contributed by atoms with Gasteiger partial charge in [-0.3, -0.25) is 14.6 Å². The Morgan fingerprint density at radius 2 is 1.96 bits per heavy atom. The molecule has 1 fully saturated rings. The fourth-order valence-electron chi connectivity index (χ4n) is 3.37. The van der Waals surface area contributed by atoms with Crippen molar-refractivity contribution in [3.63, 3.8) is 0 Å². The van der Waals surface area contributed by atoms with Crippen molar-refractivity contribution in [2.75, 3.05) is 11.4 Å². The van der Waals surface area contributed by atoms with Crippen LogP contribution in [0, 0.1) is 20.8 Å². The minimum atomic E-state index is -0.488. The van der Waals surface area contributed by atoms with Gasteiger partial charge in [0.15, 0.2) is 0 Å². The zero-order valence-electron chi connectivity index (χ0n) is 14.2. The molecule has 1 saturated heterocycles. The van der Waals surface area contributed by atoms with E-state index in [-0.39, 0.29) is 11.8 Å². The summed E-state index contributed by atoms with van der Waals surface area (Å²) in [5, 5.41) is 2.82. The average molecular weight is 323 g/mol. The topological polar surface area (TPSA) is 62.3 Å². The third-order valence-electron chi connectivity index (χ3n) is 4.34. The van der Waals surface area contributed by atoms with Crippen molar-refractivity contribution in [1.82, 2.24) is 10.3 Å². The lowest BCUT2D eigenvalue weighted by Crippen LogP contribution is -2.41. The zero-order chi connectivity index (χ0) is 17.3. The second-order valence-corrected chi connectivity index (χ2v) is 6.29. The molecule has 1 aromatic heterocycles. The predicted molar refractivity (Wildman–Crippen MR) is 93.1 cm³/mol. The zero-order valence-corrected chi connectivity index (χ0v) is 14.2. The quantitative estimate of drug-likeness (QED) is 0.944. The summed E-state index contributed by atoms with van der Waals surface area (Å²) in [7, 11) is 0. The van der Waals surface area contributed by atoms with E-state index >= 15 is 0 Å². The highest BCUT2D eigenvalue weighted by Crippen LogP contribution is 2.30. The third kappa shape index (κ3) is 3.02. The Labute approximate surface area is 141 Å². The average Bonchev–Trinajstić information content (AvgIpc) is 2.88. The predicted octanol–water partition coefficient (Wildman–Crippen LogP) is 2.54. The van der Waals surface area contributed by atoms with E-state index in [0.717, 1.165) is 16.8 Å². The van der Waals surface area contributed by atoms with Gasteiger partial charge in [-0.2, -0.15) is 0 Å². The van der Waals surface area contributed by atoms with E-state index in [0.29, 0.717) is 18.5 Å². The molecule has 5 heteroatoms. The van der Waals surface area contributed by atoms with Gasteiger partial charge in [-0.1, -0.05) is 17.7 Å². The Bertz CT molecular complexity index is 763. The highest BCUT2D eigenvalue weighted by molar-refractivity contribution is 6.04. The van der Waals surface area contributed by atoms with Crippen LogP contribution in [0.4, 0.5) is 5.69 Å². The highest BCUT2D eigenvalue weighted by atomic mass is 16.2. The molecule has 0 radical (unpaired) electrons. The molecule has 1 aliphatic heterocycles. The number of aromatic nitrogens is 1. The van der Waals surface area contributed by atoms with Gasteiger partial charge >= 0.3 is 0 Å². The molecule has 24 heavy (non-hydrogen) atoms. The van der Waals surface area contributed by atoms with E-state index in [2.05, 4.69) is 22.4 Å². The molecule has 2 heterocycles. The van der Waals surface area contributed by atoms with E-state index in [1.807, 2.05) is 20.8 Å². The molecule has 1 aromatic carbocycles. The fraction of sp³-hybridized carbons (Fsp3) is 0.316. The lowest BCUT2D eigenvalue weighted by molar-refractivity contribution is -0.118. The molecule has 3 rings (SSSR count). The molecule has 2 amide bonds. The van der Waals surface area contributed by atoms with Gasteiger partial charge in [0.05, 0.1) is 5.56 Å². The second kappa shape index (κ2) is 6.43. The maximum atomic E-state index is 12.8. The second-order valence-electron chi connectivity index (χ2n) is 6.29. The SMILES string of the molecule is Cc1cc(C)c(N2CCC(NC(=O)c3cccnc3)C2=O)c(C)c1. The first-order chi connectivity index (χ1) is 11.5. The molecular weight excluding hydrogens is 302 g/mol. The van der Waals surface area contributed by atoms with Crippen molar-refractivity contribution >= 4 is 17.5 Å². The van der Waals surface area contributed by atoms with E-state index in [1.54, 1.807) is 23.2 Å². The summed E-state index contributed by atoms with van der Waals surface area (Å²) in [5.41, 5.74) is 4.78. The van der Waals surface area contributed by atoms with Crippen LogP contribution in [0.1, 0.15) is 33.5 Å². The number of carbonyl (C=O) groups excluding carboxylic acids is 2. The van der Waals surface area contributed by atoms with Crippen molar-refractivity contribution in [3.05, 3.63) is 58.9 Å². The number of benzene rings is 1. The van der Waals surface area contributed by atoms with E-state index in [9.17, 15) is 9.59 Å². The van der Waals surface area contributed by atoms with Crippen LogP contribution >= 0.6 is 0 Å². The van der Waals surface area contributed by atoms with Crippen molar-refractivity contribution < 1.29 is 9.59 Å². The van der Waals surface area contributed by atoms with Crippen LogP contribution in [-0.2, 0) is 4.79 Å². The maximum absolute atomic E-state index is 12.8. The van der Waals surface area contributed by atoms with Gasteiger partial charge in [0.25, 0.3) is 5.91 Å². The molecule has 1 aliphatic rings. The summed E-state index contributed by atoms with van der Waals surface area (Å²) in [6.45, 7) is 6.70. The molecule has 0 saturated carbocycles. The monoisotopic (exact) mass is 323 g/mol. The van der Waals surface area contributed by atoms with Crippen molar-refractivity contribution in [3.8, 4) is 0 Å². The van der Waals surface area contributed by atoms with Gasteiger partial charge in [-0.15, -0.1) is 0 Å². The Balaban J connectivity index is 1.78. The first-order valence-corrected chi connectivity index (χ1v) is 8.07. The number of hydrogen-bond acceptors (Lipinski definition) is 3. The Morgan fingerprint density at radius 3 is 2.58 bits per heavy atom. The molecule has 2 aromatic rings. The smallest absolute Gasteiger partial charge is 0.253 e. The lowest BCUT2D eigenvalue weighted by Gasteiger charge is -2.22. The minimum Gasteiger partial charge on any atom is -0.340 e. The van der Waals surface area contributed by atoms with Crippen molar-refractivity contribution in [1.29, 1.82) is 0 Å². The summed E-state index contributed by atoms with van der Waals surface area (Å²) in [6, 6.07) is 7.07. The van der Waals surface area contributed by atoms with Gasteiger partial charge in [0.2, 0.25) is 5.91 Å². The fourth-order valence-corrected chi connectivity index (χ4v) is 3.37. The molecule has 5 nitrogen and oxygen atoms in total. The number of nitrogens with one attached hydrogen (secondary N) is 1. The summed E-state index contributed by atoms with van der Waals surface area (Å²) in [6.07, 6.45) is 3.72. The van der Waals surface area contributed by atoms with E-state index in [1.165, 1.54) is 11.8 Å². The van der Waals surface area contributed by atoms with Crippen LogP contribution in [0.2, 0.25) is 0 Å². The third-order valence-corrected chi connectivity index (χ3v) is 4.34. The van der Waals surface area contributed by atoms with E-state index < -0.39 is 6.04 Å². The first kappa shape index (κ1) is 16.2. The summed E-state index contributed by atoms with van der Waals surface area (Å²) < 4.78 is 0. The van der Waals surface area contributed by atoms with Gasteiger partial charge in [0, 0.05) is 24.6 Å². The molecular formula is C19H21N3O2. The summed E-state index contributed by atoms with van der Waals surface area (Å²) >= 11 is 0. The highest BCUT2D eigenvalue weighted by Gasteiger charge is 2.35. The Morgan fingerprint density at radius 1 is 1.25 bits per heavy atom. The summed E-state index contributed by atoms with van der Waals surface area (Å²) in [5.74, 6) is -0.317. The van der Waals surface area contributed by atoms with Crippen molar-refractivity contribution in [2.45, 2.75) is 33.2 Å². The number of rotatable bonds is 3. The number of nitrogens with zero attached hydrogens (tertiary/aromatic N) is 2. The lowest BCUT2D eigenvalue weighted by atomic mass is 10.0. The largest absolute Gasteiger partial charge is 0.340 e. The van der Waals surface area contributed by atoms with Crippen LogP contribution in [0.3, 0.4) is 0 Å². The van der Waals surface area contributed by atoms with Crippen molar-refractivity contribution in [2.24, 2.45) is 0 Å². The van der Waals surface area contributed by atoms with E-state index in [4.69, 9.17) is 0 Å². The standard InChI is InChI=1S/C19H21N3O2/c1-12-9-13(2)17(14(3)10-12)22-8-6-16(19(22)24)21-18(23)15-5-4-7-20-11-15/h4-5,7,9-11,16H,6,8H2,1-3H3,(H,21,23). The number of hydrogen-bond donors (Lipinski definition) is 1. The number of amides is 2. The minimum absolute atomic E-state index is 0.0534. The molecule has 1 unspecified atom stereocenters. The van der Waals surface area contributed by atoms with Crippen LogP contribution in [0.15, 0.2) is 36.7 Å². The Hall–Kier alpha value is -2.69. The molecule has 1 N–H and O–H groups in total. The number of aryl methyl sites for hydroxylation is 3. The van der Waals surface area contributed by atoms with Gasteiger partial charge in [-0.25, -0.2) is 0 Å². The first-order valence-electron chi connectivity index (χ1n) is 8.07. The normalized spacial score (nSPS) is 17.2. The van der Waals surface area contributed by atoms with Crippen LogP contribution in [0.25, 0.3) is 0 Å². The number of pyridine rings is 1. The number of carbonyl (C=O) groups is 2. The summed E-state index contributed by atoms with van der Waals surface area (Å²) in [4.78, 5) is 30.7. The molecule has 0 aliphatic carbocycles. The van der Waals surface area contributed by atoms with Crippen LogP contribution in [0.5, 0.6) is 0 Å². The Kier molecular flexibility index (Phi) is 4.34. The molecule has 0 spiro atoms. The molecule has 0 bridgehead atoms. The molecule has 1 atom stereocenters. The maximum Gasteiger partial charge on any atom is 0.253 e. The van der Waals surface area contributed by atoms with Gasteiger partial charge in [-0.05, 0) is 50.5 Å². The number of anilines is 1. The molecule has 124 valence electrons. The van der Waals surface area contributed by atoms with Crippen LogP contribution in [-0.4, -0.2) is 29.4 Å².